The summed E-state index contributed by atoms with van der Waals surface area (Å²) < 4.78 is 5.28. The summed E-state index contributed by atoms with van der Waals surface area (Å²) in [4.78, 5) is 25.5. The molecule has 1 atom stereocenters. The number of ether oxygens (including phenoxy) is 1. The maximum Gasteiger partial charge on any atom is 0.322 e. The molecule has 6 nitrogen and oxygen atoms in total. The molecule has 0 aliphatic rings. The highest BCUT2D eigenvalue weighted by Crippen LogP contribution is 2.29. The fourth-order valence-electron chi connectivity index (χ4n) is 2.43. The fraction of sp³-hybridized carbons (Fsp3) is 0.263. The predicted molar refractivity (Wildman–Crippen MR) is 104 cm³/mol. The zero-order valence-electron chi connectivity index (χ0n) is 15.2. The first kappa shape index (κ1) is 19.6. The second-order valence-corrected chi connectivity index (χ2v) is 6.30. The Kier molecular flexibility index (Phi) is 6.46. The Labute approximate surface area is 158 Å². The number of nitrogens with zero attached hydrogens (tertiary/aromatic N) is 1. The van der Waals surface area contributed by atoms with Gasteiger partial charge in [-0.3, -0.25) is 4.79 Å². The Hall–Kier alpha value is -2.73. The Balaban J connectivity index is 2.16. The zero-order chi connectivity index (χ0) is 19.3. The molecule has 0 heterocycles. The predicted octanol–water partition coefficient (Wildman–Crippen LogP) is 4.53. The average molecular weight is 376 g/mol. The SMILES string of the molecule is COc1ccc(NC(C)=O)cc1NC(=O)N(C)[C@H](C)c1ccc(Cl)cc1. The molecule has 7 heteroatoms. The van der Waals surface area contributed by atoms with Crippen LogP contribution in [0.15, 0.2) is 42.5 Å². The molecule has 0 aliphatic carbocycles. The lowest BCUT2D eigenvalue weighted by Crippen LogP contribution is -2.33. The van der Waals surface area contributed by atoms with E-state index in [2.05, 4.69) is 10.6 Å². The fourth-order valence-corrected chi connectivity index (χ4v) is 2.56. The molecule has 26 heavy (non-hydrogen) atoms. The van der Waals surface area contributed by atoms with E-state index in [1.54, 1.807) is 42.3 Å². The van der Waals surface area contributed by atoms with Gasteiger partial charge in [0.05, 0.1) is 18.8 Å². The molecular formula is C19H22ClN3O3. The van der Waals surface area contributed by atoms with Gasteiger partial charge in [0, 0.05) is 24.7 Å². The van der Waals surface area contributed by atoms with Gasteiger partial charge in [0.2, 0.25) is 5.91 Å². The van der Waals surface area contributed by atoms with Crippen LogP contribution >= 0.6 is 11.6 Å². The maximum absolute atomic E-state index is 12.6. The minimum absolute atomic E-state index is 0.156. The van der Waals surface area contributed by atoms with Crippen LogP contribution in [0.1, 0.15) is 25.5 Å². The van der Waals surface area contributed by atoms with Gasteiger partial charge in [-0.25, -0.2) is 4.79 Å². The molecule has 0 aromatic heterocycles. The van der Waals surface area contributed by atoms with Gasteiger partial charge in [-0.2, -0.15) is 0 Å². The highest BCUT2D eigenvalue weighted by Gasteiger charge is 2.19. The summed E-state index contributed by atoms with van der Waals surface area (Å²) in [6.07, 6.45) is 0. The maximum atomic E-state index is 12.6. The second-order valence-electron chi connectivity index (χ2n) is 5.86. The molecule has 0 fully saturated rings. The smallest absolute Gasteiger partial charge is 0.322 e. The van der Waals surface area contributed by atoms with E-state index in [4.69, 9.17) is 16.3 Å². The summed E-state index contributed by atoms with van der Waals surface area (Å²) >= 11 is 5.91. The van der Waals surface area contributed by atoms with Crippen molar-refractivity contribution in [2.45, 2.75) is 19.9 Å². The van der Waals surface area contributed by atoms with Gasteiger partial charge >= 0.3 is 6.03 Å². The van der Waals surface area contributed by atoms with Crippen molar-refractivity contribution >= 4 is 34.9 Å². The molecule has 2 rings (SSSR count). The van der Waals surface area contributed by atoms with E-state index >= 15 is 0 Å². The highest BCUT2D eigenvalue weighted by molar-refractivity contribution is 6.30. The Morgan fingerprint density at radius 1 is 1.12 bits per heavy atom. The summed E-state index contributed by atoms with van der Waals surface area (Å²) in [5.41, 5.74) is 2.01. The number of benzene rings is 2. The minimum Gasteiger partial charge on any atom is -0.495 e. The first-order valence-corrected chi connectivity index (χ1v) is 8.44. The van der Waals surface area contributed by atoms with Crippen molar-refractivity contribution < 1.29 is 14.3 Å². The van der Waals surface area contributed by atoms with Gasteiger partial charge in [0.1, 0.15) is 5.75 Å². The Morgan fingerprint density at radius 3 is 2.35 bits per heavy atom. The topological polar surface area (TPSA) is 70.7 Å². The lowest BCUT2D eigenvalue weighted by atomic mass is 10.1. The molecule has 2 N–H and O–H groups in total. The number of amides is 3. The molecule has 2 aromatic carbocycles. The summed E-state index contributed by atoms with van der Waals surface area (Å²) in [7, 11) is 3.22. The number of methoxy groups -OCH3 is 1. The van der Waals surface area contributed by atoms with Crippen LogP contribution in [0.25, 0.3) is 0 Å². The van der Waals surface area contributed by atoms with E-state index in [1.807, 2.05) is 19.1 Å². The Morgan fingerprint density at radius 2 is 1.77 bits per heavy atom. The number of urea groups is 1. The normalized spacial score (nSPS) is 11.4. The van der Waals surface area contributed by atoms with E-state index in [9.17, 15) is 9.59 Å². The average Bonchev–Trinajstić information content (AvgIpc) is 2.61. The molecule has 0 saturated heterocycles. The molecular weight excluding hydrogens is 354 g/mol. The van der Waals surface area contributed by atoms with E-state index < -0.39 is 0 Å². The molecule has 0 aliphatic heterocycles. The lowest BCUT2D eigenvalue weighted by Gasteiger charge is -2.26. The molecule has 0 bridgehead atoms. The Bertz CT molecular complexity index is 793. The van der Waals surface area contributed by atoms with Crippen LogP contribution < -0.4 is 15.4 Å². The zero-order valence-corrected chi connectivity index (χ0v) is 15.9. The van der Waals surface area contributed by atoms with Crippen LogP contribution in [-0.2, 0) is 4.79 Å². The quantitative estimate of drug-likeness (QED) is 0.806. The van der Waals surface area contributed by atoms with Crippen molar-refractivity contribution in [1.82, 2.24) is 4.90 Å². The summed E-state index contributed by atoms with van der Waals surface area (Å²) in [5.74, 6) is 0.306. The van der Waals surface area contributed by atoms with Crippen LogP contribution in [0, 0.1) is 0 Å². The minimum atomic E-state index is -0.300. The summed E-state index contributed by atoms with van der Waals surface area (Å²) in [5, 5.41) is 6.15. The van der Waals surface area contributed by atoms with Gasteiger partial charge in [-0.1, -0.05) is 23.7 Å². The number of carbonyl (C=O) groups excluding carboxylic acids is 2. The number of nitrogens with one attached hydrogen (secondary N) is 2. The third kappa shape index (κ3) is 4.89. The molecule has 3 amide bonds. The van der Waals surface area contributed by atoms with Crippen molar-refractivity contribution in [3.63, 3.8) is 0 Å². The van der Waals surface area contributed by atoms with Crippen molar-refractivity contribution in [3.05, 3.63) is 53.1 Å². The number of anilines is 2. The van der Waals surface area contributed by atoms with Crippen LogP contribution in [0.5, 0.6) is 5.75 Å². The number of hydrogen-bond acceptors (Lipinski definition) is 3. The van der Waals surface area contributed by atoms with Crippen molar-refractivity contribution in [1.29, 1.82) is 0 Å². The molecule has 2 aromatic rings. The van der Waals surface area contributed by atoms with Crippen LogP contribution in [0.3, 0.4) is 0 Å². The van der Waals surface area contributed by atoms with E-state index in [0.29, 0.717) is 22.1 Å². The van der Waals surface area contributed by atoms with Crippen molar-refractivity contribution in [2.75, 3.05) is 24.8 Å². The van der Waals surface area contributed by atoms with Crippen LogP contribution in [0.2, 0.25) is 5.02 Å². The largest absolute Gasteiger partial charge is 0.495 e. The third-order valence-corrected chi connectivity index (χ3v) is 4.27. The van der Waals surface area contributed by atoms with Crippen molar-refractivity contribution in [3.8, 4) is 5.75 Å². The van der Waals surface area contributed by atoms with Crippen molar-refractivity contribution in [2.24, 2.45) is 0 Å². The van der Waals surface area contributed by atoms with E-state index in [-0.39, 0.29) is 18.0 Å². The number of carbonyl (C=O) groups is 2. The standard InChI is InChI=1S/C19H22ClN3O3/c1-12(14-5-7-15(20)8-6-14)23(3)19(25)22-17-11-16(21-13(2)24)9-10-18(17)26-4/h5-12H,1-4H3,(H,21,24)(H,22,25)/t12-/m1/s1. The first-order valence-electron chi connectivity index (χ1n) is 8.06. The second kappa shape index (κ2) is 8.58. The molecule has 0 unspecified atom stereocenters. The monoisotopic (exact) mass is 375 g/mol. The van der Waals surface area contributed by atoms with E-state index in [0.717, 1.165) is 5.56 Å². The van der Waals surface area contributed by atoms with E-state index in [1.165, 1.54) is 14.0 Å². The third-order valence-electron chi connectivity index (χ3n) is 4.02. The molecule has 0 saturated carbocycles. The van der Waals surface area contributed by atoms with Gasteiger partial charge in [-0.05, 0) is 42.8 Å². The van der Waals surface area contributed by atoms with Gasteiger partial charge in [-0.15, -0.1) is 0 Å². The first-order chi connectivity index (χ1) is 12.3. The van der Waals surface area contributed by atoms with Gasteiger partial charge in [0.25, 0.3) is 0 Å². The summed E-state index contributed by atoms with van der Waals surface area (Å²) in [6.45, 7) is 3.35. The number of hydrogen-bond donors (Lipinski definition) is 2. The van der Waals surface area contributed by atoms with Gasteiger partial charge in [0.15, 0.2) is 0 Å². The van der Waals surface area contributed by atoms with Gasteiger partial charge < -0.3 is 20.3 Å². The summed E-state index contributed by atoms with van der Waals surface area (Å²) in [6, 6.07) is 11.9. The molecule has 138 valence electrons. The van der Waals surface area contributed by atoms with Crippen LogP contribution in [0.4, 0.5) is 16.2 Å². The highest BCUT2D eigenvalue weighted by atomic mass is 35.5. The number of halogens is 1. The number of rotatable bonds is 5. The lowest BCUT2D eigenvalue weighted by molar-refractivity contribution is -0.114. The molecule has 0 spiro atoms. The molecule has 0 radical (unpaired) electrons. The van der Waals surface area contributed by atoms with Crippen LogP contribution in [-0.4, -0.2) is 31.0 Å².